The predicted octanol–water partition coefficient (Wildman–Crippen LogP) is 3.98. The monoisotopic (exact) mass is 388 g/mol. The molecule has 1 aromatic heterocycles. The van der Waals surface area contributed by atoms with Gasteiger partial charge < -0.3 is 15.0 Å². The molecule has 0 bridgehead atoms. The Bertz CT molecular complexity index is 994. The Morgan fingerprint density at radius 3 is 2.34 bits per heavy atom. The Morgan fingerprint density at radius 2 is 1.66 bits per heavy atom. The molecular formula is C23H24N4O2. The van der Waals surface area contributed by atoms with Crippen LogP contribution < -0.4 is 5.32 Å². The fourth-order valence-corrected chi connectivity index (χ4v) is 3.46. The first-order valence-electron chi connectivity index (χ1n) is 9.75. The van der Waals surface area contributed by atoms with Crippen LogP contribution in [0.1, 0.15) is 21.6 Å². The smallest absolute Gasteiger partial charge is 0.272 e. The summed E-state index contributed by atoms with van der Waals surface area (Å²) in [6.07, 6.45) is 0. The maximum absolute atomic E-state index is 13.0. The van der Waals surface area contributed by atoms with Crippen molar-refractivity contribution in [2.75, 3.05) is 31.6 Å². The van der Waals surface area contributed by atoms with Crippen molar-refractivity contribution in [2.24, 2.45) is 0 Å². The van der Waals surface area contributed by atoms with Crippen LogP contribution in [-0.2, 0) is 4.74 Å². The molecule has 148 valence electrons. The molecule has 29 heavy (non-hydrogen) atoms. The second-order valence-corrected chi connectivity index (χ2v) is 7.23. The Balaban J connectivity index is 1.72. The van der Waals surface area contributed by atoms with Gasteiger partial charge in [-0.1, -0.05) is 36.4 Å². The van der Waals surface area contributed by atoms with E-state index >= 15 is 0 Å². The molecule has 1 aliphatic heterocycles. The minimum atomic E-state index is -0.101. The van der Waals surface area contributed by atoms with E-state index in [9.17, 15) is 4.79 Å². The van der Waals surface area contributed by atoms with Crippen LogP contribution in [0.4, 0.5) is 11.5 Å². The molecule has 4 rings (SSSR count). The minimum absolute atomic E-state index is 0.101. The lowest BCUT2D eigenvalue weighted by molar-refractivity contribution is 0.0299. The van der Waals surface area contributed by atoms with Crippen molar-refractivity contribution in [3.8, 4) is 11.4 Å². The molecule has 6 nitrogen and oxygen atoms in total. The number of aryl methyl sites for hydroxylation is 2. The van der Waals surface area contributed by atoms with Crippen LogP contribution in [-0.4, -0.2) is 47.1 Å². The zero-order chi connectivity index (χ0) is 20.2. The third-order valence-electron chi connectivity index (χ3n) is 4.77. The molecule has 0 aliphatic carbocycles. The van der Waals surface area contributed by atoms with E-state index in [4.69, 9.17) is 4.74 Å². The SMILES string of the molecule is Cc1cc(C)cc(Nc2cc(C(=O)N3CCOCC3)nc(-c3ccccc3)n2)c1. The maximum atomic E-state index is 13.0. The third kappa shape index (κ3) is 4.60. The van der Waals surface area contributed by atoms with E-state index in [0.29, 0.717) is 43.6 Å². The number of hydrogen-bond acceptors (Lipinski definition) is 5. The molecule has 1 N–H and O–H groups in total. The van der Waals surface area contributed by atoms with Crippen molar-refractivity contribution in [3.05, 3.63) is 71.4 Å². The fourth-order valence-electron chi connectivity index (χ4n) is 3.46. The van der Waals surface area contributed by atoms with Gasteiger partial charge in [-0.05, 0) is 37.1 Å². The Morgan fingerprint density at radius 1 is 0.966 bits per heavy atom. The van der Waals surface area contributed by atoms with Gasteiger partial charge in [-0.25, -0.2) is 9.97 Å². The zero-order valence-corrected chi connectivity index (χ0v) is 16.7. The van der Waals surface area contributed by atoms with Crippen LogP contribution in [0, 0.1) is 13.8 Å². The molecule has 2 heterocycles. The van der Waals surface area contributed by atoms with Gasteiger partial charge in [0, 0.05) is 30.4 Å². The number of amides is 1. The zero-order valence-electron chi connectivity index (χ0n) is 16.7. The lowest BCUT2D eigenvalue weighted by Gasteiger charge is -2.26. The fraction of sp³-hybridized carbons (Fsp3) is 0.261. The van der Waals surface area contributed by atoms with Crippen LogP contribution in [0.2, 0.25) is 0 Å². The number of morpholine rings is 1. The van der Waals surface area contributed by atoms with Gasteiger partial charge in [-0.3, -0.25) is 4.79 Å². The lowest BCUT2D eigenvalue weighted by Crippen LogP contribution is -2.41. The molecule has 6 heteroatoms. The van der Waals surface area contributed by atoms with E-state index in [1.54, 1.807) is 11.0 Å². The van der Waals surface area contributed by atoms with E-state index < -0.39 is 0 Å². The molecule has 0 unspecified atom stereocenters. The van der Waals surface area contributed by atoms with Crippen LogP contribution >= 0.6 is 0 Å². The molecule has 0 atom stereocenters. The number of hydrogen-bond donors (Lipinski definition) is 1. The number of carbonyl (C=O) groups excluding carboxylic acids is 1. The van der Waals surface area contributed by atoms with Gasteiger partial charge in [-0.15, -0.1) is 0 Å². The highest BCUT2D eigenvalue weighted by Crippen LogP contribution is 2.23. The number of carbonyl (C=O) groups is 1. The number of aromatic nitrogens is 2. The Hall–Kier alpha value is -3.25. The van der Waals surface area contributed by atoms with E-state index in [1.807, 2.05) is 30.3 Å². The van der Waals surface area contributed by atoms with Gasteiger partial charge in [0.2, 0.25) is 0 Å². The van der Waals surface area contributed by atoms with E-state index in [0.717, 1.165) is 22.4 Å². The molecule has 2 aromatic carbocycles. The molecular weight excluding hydrogens is 364 g/mol. The topological polar surface area (TPSA) is 67.4 Å². The average Bonchev–Trinajstić information content (AvgIpc) is 2.73. The van der Waals surface area contributed by atoms with Crippen molar-refractivity contribution < 1.29 is 9.53 Å². The van der Waals surface area contributed by atoms with Crippen molar-refractivity contribution in [1.29, 1.82) is 0 Å². The summed E-state index contributed by atoms with van der Waals surface area (Å²) < 4.78 is 5.36. The Kier molecular flexibility index (Phi) is 5.53. The van der Waals surface area contributed by atoms with E-state index in [2.05, 4.69) is 47.3 Å². The first kappa shape index (κ1) is 19.1. The predicted molar refractivity (Wildman–Crippen MR) is 113 cm³/mol. The molecule has 1 amide bonds. The van der Waals surface area contributed by atoms with Crippen LogP contribution in [0.25, 0.3) is 11.4 Å². The summed E-state index contributed by atoms with van der Waals surface area (Å²) in [6.45, 7) is 6.36. The number of ether oxygens (including phenoxy) is 1. The molecule has 1 fully saturated rings. The van der Waals surface area contributed by atoms with Crippen LogP contribution in [0.3, 0.4) is 0 Å². The van der Waals surface area contributed by atoms with E-state index in [-0.39, 0.29) is 5.91 Å². The number of nitrogens with zero attached hydrogens (tertiary/aromatic N) is 3. The number of anilines is 2. The van der Waals surface area contributed by atoms with Crippen molar-refractivity contribution in [1.82, 2.24) is 14.9 Å². The largest absolute Gasteiger partial charge is 0.378 e. The van der Waals surface area contributed by atoms with Gasteiger partial charge in [0.25, 0.3) is 5.91 Å². The molecule has 0 radical (unpaired) electrons. The summed E-state index contributed by atoms with van der Waals surface area (Å²) in [6, 6.07) is 17.7. The summed E-state index contributed by atoms with van der Waals surface area (Å²) in [5.74, 6) is 1.02. The number of nitrogens with one attached hydrogen (secondary N) is 1. The van der Waals surface area contributed by atoms with Gasteiger partial charge in [0.1, 0.15) is 11.5 Å². The summed E-state index contributed by atoms with van der Waals surface area (Å²) >= 11 is 0. The second-order valence-electron chi connectivity index (χ2n) is 7.23. The minimum Gasteiger partial charge on any atom is -0.378 e. The van der Waals surface area contributed by atoms with Gasteiger partial charge in [0.15, 0.2) is 5.82 Å². The number of rotatable bonds is 4. The van der Waals surface area contributed by atoms with Crippen LogP contribution in [0.5, 0.6) is 0 Å². The summed E-state index contributed by atoms with van der Waals surface area (Å²) in [5.41, 5.74) is 4.51. The quantitative estimate of drug-likeness (QED) is 0.732. The van der Waals surface area contributed by atoms with Crippen molar-refractivity contribution >= 4 is 17.4 Å². The molecule has 0 saturated carbocycles. The van der Waals surface area contributed by atoms with E-state index in [1.165, 1.54) is 0 Å². The highest BCUT2D eigenvalue weighted by atomic mass is 16.5. The number of benzene rings is 2. The highest BCUT2D eigenvalue weighted by Gasteiger charge is 2.21. The first-order chi connectivity index (χ1) is 14.1. The molecule has 3 aromatic rings. The van der Waals surface area contributed by atoms with Crippen molar-refractivity contribution in [2.45, 2.75) is 13.8 Å². The Labute approximate surface area is 170 Å². The second kappa shape index (κ2) is 8.41. The summed E-state index contributed by atoms with van der Waals surface area (Å²) in [5, 5.41) is 3.35. The molecule has 1 saturated heterocycles. The lowest BCUT2D eigenvalue weighted by atomic mass is 10.1. The van der Waals surface area contributed by atoms with Gasteiger partial charge >= 0.3 is 0 Å². The maximum Gasteiger partial charge on any atom is 0.272 e. The highest BCUT2D eigenvalue weighted by molar-refractivity contribution is 5.93. The summed E-state index contributed by atoms with van der Waals surface area (Å²) in [4.78, 5) is 24.1. The third-order valence-corrected chi connectivity index (χ3v) is 4.77. The van der Waals surface area contributed by atoms with Crippen LogP contribution in [0.15, 0.2) is 54.6 Å². The molecule has 1 aliphatic rings. The molecule has 0 spiro atoms. The first-order valence-corrected chi connectivity index (χ1v) is 9.75. The van der Waals surface area contributed by atoms with Gasteiger partial charge in [0.05, 0.1) is 13.2 Å². The average molecular weight is 388 g/mol. The van der Waals surface area contributed by atoms with Crippen molar-refractivity contribution in [3.63, 3.8) is 0 Å². The summed E-state index contributed by atoms with van der Waals surface area (Å²) in [7, 11) is 0. The van der Waals surface area contributed by atoms with Gasteiger partial charge in [-0.2, -0.15) is 0 Å². The normalized spacial score (nSPS) is 13.9. The standard InChI is InChI=1S/C23H24N4O2/c1-16-12-17(2)14-19(13-16)24-21-15-20(23(28)27-8-10-29-11-9-27)25-22(26-21)18-6-4-3-5-7-18/h3-7,12-15H,8-11H2,1-2H3,(H,24,25,26).